The summed E-state index contributed by atoms with van der Waals surface area (Å²) >= 11 is 0. The quantitative estimate of drug-likeness (QED) is 0.808. The lowest BCUT2D eigenvalue weighted by Gasteiger charge is -2.14. The van der Waals surface area contributed by atoms with E-state index in [4.69, 9.17) is 4.52 Å². The smallest absolute Gasteiger partial charge is 0.133 e. The van der Waals surface area contributed by atoms with Crippen molar-refractivity contribution in [2.24, 2.45) is 0 Å². The largest absolute Gasteiger partial charge is 0.361 e. The van der Waals surface area contributed by atoms with Gasteiger partial charge < -0.3 is 4.52 Å². The van der Waals surface area contributed by atoms with Crippen LogP contribution in [-0.4, -0.2) is 17.1 Å². The molecule has 0 saturated carbocycles. The van der Waals surface area contributed by atoms with Gasteiger partial charge in [0.05, 0.1) is 5.69 Å². The van der Waals surface area contributed by atoms with Gasteiger partial charge in [0, 0.05) is 19.2 Å². The van der Waals surface area contributed by atoms with Gasteiger partial charge in [-0.25, -0.2) is 0 Å². The van der Waals surface area contributed by atoms with E-state index in [1.807, 2.05) is 13.0 Å². The first-order chi connectivity index (χ1) is 8.13. The SMILES string of the molecule is Cc1ccc(CN(C)Cc2cc(C)on2)cc1. The summed E-state index contributed by atoms with van der Waals surface area (Å²) in [5.41, 5.74) is 3.60. The predicted molar refractivity (Wildman–Crippen MR) is 67.6 cm³/mol. The molecular weight excluding hydrogens is 212 g/mol. The van der Waals surface area contributed by atoms with E-state index >= 15 is 0 Å². The molecule has 0 aliphatic heterocycles. The van der Waals surface area contributed by atoms with Crippen LogP contribution in [0.15, 0.2) is 34.9 Å². The molecule has 0 amide bonds. The van der Waals surface area contributed by atoms with Crippen molar-refractivity contribution in [2.75, 3.05) is 7.05 Å². The second-order valence-electron chi connectivity index (χ2n) is 4.59. The Labute approximate surface area is 102 Å². The molecule has 90 valence electrons. The van der Waals surface area contributed by atoms with Gasteiger partial charge in [-0.3, -0.25) is 4.90 Å². The van der Waals surface area contributed by atoms with Gasteiger partial charge in [-0.15, -0.1) is 0 Å². The Balaban J connectivity index is 1.93. The molecule has 0 saturated heterocycles. The molecule has 0 radical (unpaired) electrons. The summed E-state index contributed by atoms with van der Waals surface area (Å²) in [4.78, 5) is 2.22. The van der Waals surface area contributed by atoms with Gasteiger partial charge in [0.1, 0.15) is 5.76 Å². The molecule has 0 fully saturated rings. The molecule has 1 heterocycles. The first-order valence-corrected chi connectivity index (χ1v) is 5.80. The molecule has 1 aromatic heterocycles. The number of rotatable bonds is 4. The van der Waals surface area contributed by atoms with E-state index in [1.165, 1.54) is 11.1 Å². The maximum atomic E-state index is 5.05. The molecule has 0 atom stereocenters. The molecule has 3 heteroatoms. The number of aryl methyl sites for hydroxylation is 2. The highest BCUT2D eigenvalue weighted by Gasteiger charge is 2.05. The van der Waals surface area contributed by atoms with Gasteiger partial charge >= 0.3 is 0 Å². The molecule has 2 rings (SSSR count). The first-order valence-electron chi connectivity index (χ1n) is 5.80. The second-order valence-corrected chi connectivity index (χ2v) is 4.59. The number of hydrogen-bond donors (Lipinski definition) is 0. The summed E-state index contributed by atoms with van der Waals surface area (Å²) in [6.07, 6.45) is 0. The van der Waals surface area contributed by atoms with Crippen molar-refractivity contribution in [3.8, 4) is 0 Å². The van der Waals surface area contributed by atoms with Crippen LogP contribution in [0.5, 0.6) is 0 Å². The zero-order chi connectivity index (χ0) is 12.3. The Morgan fingerprint density at radius 1 is 1.12 bits per heavy atom. The maximum absolute atomic E-state index is 5.05. The summed E-state index contributed by atoms with van der Waals surface area (Å²) in [6.45, 7) is 5.75. The molecule has 17 heavy (non-hydrogen) atoms. The summed E-state index contributed by atoms with van der Waals surface area (Å²) in [5, 5.41) is 3.99. The van der Waals surface area contributed by atoms with Crippen LogP contribution in [0.4, 0.5) is 0 Å². The zero-order valence-corrected chi connectivity index (χ0v) is 10.6. The monoisotopic (exact) mass is 230 g/mol. The number of aromatic nitrogens is 1. The molecule has 0 bridgehead atoms. The fourth-order valence-corrected chi connectivity index (χ4v) is 1.83. The predicted octanol–water partition coefficient (Wildman–Crippen LogP) is 2.92. The summed E-state index contributed by atoms with van der Waals surface area (Å²) in [7, 11) is 2.09. The normalized spacial score (nSPS) is 11.1. The Morgan fingerprint density at radius 3 is 2.41 bits per heavy atom. The van der Waals surface area contributed by atoms with E-state index in [1.54, 1.807) is 0 Å². The van der Waals surface area contributed by atoms with Gasteiger partial charge in [-0.05, 0) is 26.5 Å². The minimum atomic E-state index is 0.811. The number of benzene rings is 1. The summed E-state index contributed by atoms with van der Waals surface area (Å²) in [6, 6.07) is 10.6. The molecule has 0 aliphatic carbocycles. The zero-order valence-electron chi connectivity index (χ0n) is 10.6. The van der Waals surface area contributed by atoms with Gasteiger partial charge in [-0.1, -0.05) is 35.0 Å². The highest BCUT2D eigenvalue weighted by atomic mass is 16.5. The van der Waals surface area contributed by atoms with Crippen molar-refractivity contribution in [2.45, 2.75) is 26.9 Å². The molecule has 2 aromatic rings. The Kier molecular flexibility index (Phi) is 3.59. The third-order valence-electron chi connectivity index (χ3n) is 2.68. The van der Waals surface area contributed by atoms with Crippen molar-refractivity contribution in [1.29, 1.82) is 0 Å². The molecule has 0 aliphatic rings. The van der Waals surface area contributed by atoms with E-state index < -0.39 is 0 Å². The van der Waals surface area contributed by atoms with E-state index in [0.717, 1.165) is 24.5 Å². The average Bonchev–Trinajstić information content (AvgIpc) is 2.67. The minimum absolute atomic E-state index is 0.811. The highest BCUT2D eigenvalue weighted by molar-refractivity contribution is 5.21. The Hall–Kier alpha value is -1.61. The van der Waals surface area contributed by atoms with Crippen LogP contribution in [-0.2, 0) is 13.1 Å². The van der Waals surface area contributed by atoms with Gasteiger partial charge in [-0.2, -0.15) is 0 Å². The minimum Gasteiger partial charge on any atom is -0.361 e. The van der Waals surface area contributed by atoms with Crippen LogP contribution in [0.3, 0.4) is 0 Å². The highest BCUT2D eigenvalue weighted by Crippen LogP contribution is 2.09. The third kappa shape index (κ3) is 3.43. The lowest BCUT2D eigenvalue weighted by molar-refractivity contribution is 0.302. The van der Waals surface area contributed by atoms with Gasteiger partial charge in [0.2, 0.25) is 0 Å². The van der Waals surface area contributed by atoms with E-state index in [0.29, 0.717) is 0 Å². The molecule has 1 aromatic carbocycles. The van der Waals surface area contributed by atoms with E-state index in [-0.39, 0.29) is 0 Å². The molecule has 3 nitrogen and oxygen atoms in total. The van der Waals surface area contributed by atoms with Crippen molar-refractivity contribution in [3.05, 3.63) is 52.9 Å². The molecule has 0 unspecified atom stereocenters. The summed E-state index contributed by atoms with van der Waals surface area (Å²) < 4.78 is 5.05. The van der Waals surface area contributed by atoms with Crippen LogP contribution in [0, 0.1) is 13.8 Å². The fraction of sp³-hybridized carbons (Fsp3) is 0.357. The van der Waals surface area contributed by atoms with Crippen molar-refractivity contribution < 1.29 is 4.52 Å². The van der Waals surface area contributed by atoms with Gasteiger partial charge in [0.25, 0.3) is 0 Å². The van der Waals surface area contributed by atoms with Gasteiger partial charge in [0.15, 0.2) is 0 Å². The average molecular weight is 230 g/mol. The maximum Gasteiger partial charge on any atom is 0.133 e. The van der Waals surface area contributed by atoms with Crippen molar-refractivity contribution >= 4 is 0 Å². The second kappa shape index (κ2) is 5.15. The van der Waals surface area contributed by atoms with Crippen LogP contribution in [0.2, 0.25) is 0 Å². The lowest BCUT2D eigenvalue weighted by Crippen LogP contribution is -2.17. The van der Waals surface area contributed by atoms with Crippen LogP contribution >= 0.6 is 0 Å². The van der Waals surface area contributed by atoms with Crippen LogP contribution < -0.4 is 0 Å². The topological polar surface area (TPSA) is 29.3 Å². The standard InChI is InChI=1S/C14H18N2O/c1-11-4-6-13(7-5-11)9-16(3)10-14-8-12(2)17-15-14/h4-8H,9-10H2,1-3H3. The molecule has 0 N–H and O–H groups in total. The van der Waals surface area contributed by atoms with Crippen molar-refractivity contribution in [1.82, 2.24) is 10.1 Å². The number of hydrogen-bond acceptors (Lipinski definition) is 3. The van der Waals surface area contributed by atoms with E-state index in [9.17, 15) is 0 Å². The Morgan fingerprint density at radius 2 is 1.82 bits per heavy atom. The lowest BCUT2D eigenvalue weighted by atomic mass is 10.1. The van der Waals surface area contributed by atoms with Crippen LogP contribution in [0.1, 0.15) is 22.6 Å². The molecular formula is C14H18N2O. The van der Waals surface area contributed by atoms with Crippen molar-refractivity contribution in [3.63, 3.8) is 0 Å². The van der Waals surface area contributed by atoms with Crippen LogP contribution in [0.25, 0.3) is 0 Å². The third-order valence-corrected chi connectivity index (χ3v) is 2.68. The summed E-state index contributed by atoms with van der Waals surface area (Å²) in [5.74, 6) is 0.865. The first kappa shape index (κ1) is 11.9. The molecule has 0 spiro atoms. The van der Waals surface area contributed by atoms with E-state index in [2.05, 4.69) is 48.3 Å². The Bertz CT molecular complexity index is 473. The fourth-order valence-electron chi connectivity index (χ4n) is 1.83. The number of nitrogens with zero attached hydrogens (tertiary/aromatic N) is 2.